The van der Waals surface area contributed by atoms with Gasteiger partial charge in [-0.1, -0.05) is 12.2 Å². The van der Waals surface area contributed by atoms with E-state index >= 15 is 0 Å². The third-order valence-corrected chi connectivity index (χ3v) is 2.50. The van der Waals surface area contributed by atoms with Crippen LogP contribution in [-0.4, -0.2) is 5.25 Å². The summed E-state index contributed by atoms with van der Waals surface area (Å²) in [4.78, 5) is 1.20. The SMILES string of the molecule is C=C1C=C(C)C(C)S1. The first-order valence-electron chi connectivity index (χ1n) is 2.74. The molecule has 1 atom stereocenters. The summed E-state index contributed by atoms with van der Waals surface area (Å²) in [7, 11) is 0. The molecule has 0 aliphatic carbocycles. The first-order chi connectivity index (χ1) is 3.70. The maximum atomic E-state index is 3.84. The zero-order chi connectivity index (χ0) is 6.15. The lowest BCUT2D eigenvalue weighted by Gasteiger charge is -1.98. The van der Waals surface area contributed by atoms with Crippen molar-refractivity contribution in [3.63, 3.8) is 0 Å². The Morgan fingerprint density at radius 3 is 2.50 bits per heavy atom. The predicted molar refractivity (Wildman–Crippen MR) is 40.0 cm³/mol. The van der Waals surface area contributed by atoms with Crippen LogP contribution in [0, 0.1) is 0 Å². The maximum Gasteiger partial charge on any atom is 0.0276 e. The summed E-state index contributed by atoms with van der Waals surface area (Å²) in [6, 6.07) is 0. The van der Waals surface area contributed by atoms with E-state index in [4.69, 9.17) is 0 Å². The summed E-state index contributed by atoms with van der Waals surface area (Å²) in [6.07, 6.45) is 2.15. The highest BCUT2D eigenvalue weighted by Gasteiger charge is 2.12. The van der Waals surface area contributed by atoms with Crippen molar-refractivity contribution in [1.82, 2.24) is 0 Å². The van der Waals surface area contributed by atoms with Crippen LogP contribution in [0.25, 0.3) is 0 Å². The van der Waals surface area contributed by atoms with Crippen LogP contribution < -0.4 is 0 Å². The van der Waals surface area contributed by atoms with Crippen LogP contribution in [0.15, 0.2) is 23.1 Å². The second kappa shape index (κ2) is 1.98. The van der Waals surface area contributed by atoms with Gasteiger partial charge in [-0.05, 0) is 19.9 Å². The molecule has 1 rings (SSSR count). The van der Waals surface area contributed by atoms with Crippen molar-refractivity contribution in [2.75, 3.05) is 0 Å². The van der Waals surface area contributed by atoms with Gasteiger partial charge in [-0.3, -0.25) is 0 Å². The third kappa shape index (κ3) is 0.972. The Hall–Kier alpha value is -0.170. The van der Waals surface area contributed by atoms with E-state index in [1.165, 1.54) is 10.5 Å². The molecule has 0 spiro atoms. The minimum Gasteiger partial charge on any atom is -0.119 e. The van der Waals surface area contributed by atoms with Crippen LogP contribution in [-0.2, 0) is 0 Å². The van der Waals surface area contributed by atoms with Gasteiger partial charge in [-0.25, -0.2) is 0 Å². The third-order valence-electron chi connectivity index (χ3n) is 1.36. The van der Waals surface area contributed by atoms with E-state index in [9.17, 15) is 0 Å². The second-order valence-electron chi connectivity index (χ2n) is 2.11. The Morgan fingerprint density at radius 1 is 1.75 bits per heavy atom. The first kappa shape index (κ1) is 5.96. The molecule has 1 heterocycles. The average molecular weight is 126 g/mol. The van der Waals surface area contributed by atoms with Crippen LogP contribution in [0.2, 0.25) is 0 Å². The fourth-order valence-corrected chi connectivity index (χ4v) is 1.69. The van der Waals surface area contributed by atoms with Crippen LogP contribution in [0.4, 0.5) is 0 Å². The molecule has 0 bridgehead atoms. The van der Waals surface area contributed by atoms with Crippen LogP contribution >= 0.6 is 11.8 Å². The maximum absolute atomic E-state index is 3.84. The van der Waals surface area contributed by atoms with E-state index in [-0.39, 0.29) is 0 Å². The molecule has 0 radical (unpaired) electrons. The second-order valence-corrected chi connectivity index (χ2v) is 3.58. The monoisotopic (exact) mass is 126 g/mol. The van der Waals surface area contributed by atoms with E-state index in [0.29, 0.717) is 5.25 Å². The van der Waals surface area contributed by atoms with E-state index in [2.05, 4.69) is 26.5 Å². The zero-order valence-corrected chi connectivity index (χ0v) is 6.09. The molecule has 0 saturated carbocycles. The smallest absolute Gasteiger partial charge is 0.0276 e. The Labute approximate surface area is 54.7 Å². The van der Waals surface area contributed by atoms with Crippen LogP contribution in [0.3, 0.4) is 0 Å². The van der Waals surface area contributed by atoms with Gasteiger partial charge in [0.1, 0.15) is 0 Å². The van der Waals surface area contributed by atoms with Crippen molar-refractivity contribution in [3.8, 4) is 0 Å². The molecular weight excluding hydrogens is 116 g/mol. The summed E-state index contributed by atoms with van der Waals surface area (Å²) >= 11 is 1.84. The van der Waals surface area contributed by atoms with Crippen LogP contribution in [0.1, 0.15) is 13.8 Å². The van der Waals surface area contributed by atoms with Crippen LogP contribution in [0.5, 0.6) is 0 Å². The molecule has 1 heteroatoms. The highest BCUT2D eigenvalue weighted by atomic mass is 32.2. The largest absolute Gasteiger partial charge is 0.119 e. The molecule has 0 aromatic carbocycles. The molecule has 0 amide bonds. The van der Waals surface area contributed by atoms with Crippen molar-refractivity contribution >= 4 is 11.8 Å². The van der Waals surface area contributed by atoms with E-state index < -0.39 is 0 Å². The van der Waals surface area contributed by atoms with Gasteiger partial charge in [0.05, 0.1) is 0 Å². The Morgan fingerprint density at radius 2 is 2.38 bits per heavy atom. The van der Waals surface area contributed by atoms with Gasteiger partial charge in [0.2, 0.25) is 0 Å². The molecule has 0 fully saturated rings. The molecule has 0 saturated heterocycles. The number of hydrogen-bond donors (Lipinski definition) is 0. The molecular formula is C7H10S. The van der Waals surface area contributed by atoms with Gasteiger partial charge in [0.15, 0.2) is 0 Å². The Kier molecular flexibility index (Phi) is 1.47. The molecule has 0 aromatic rings. The lowest BCUT2D eigenvalue weighted by molar-refractivity contribution is 1.14. The number of thioether (sulfide) groups is 1. The summed E-state index contributed by atoms with van der Waals surface area (Å²) in [5, 5.41) is 0.669. The molecule has 0 N–H and O–H groups in total. The van der Waals surface area contributed by atoms with Gasteiger partial charge in [0, 0.05) is 10.2 Å². The summed E-state index contributed by atoms with van der Waals surface area (Å²) in [5.74, 6) is 0. The predicted octanol–water partition coefficient (Wildman–Crippen LogP) is 2.58. The van der Waals surface area contributed by atoms with Crippen molar-refractivity contribution < 1.29 is 0 Å². The fraction of sp³-hybridized carbons (Fsp3) is 0.429. The molecule has 8 heavy (non-hydrogen) atoms. The fourth-order valence-electron chi connectivity index (χ4n) is 0.725. The molecule has 0 aromatic heterocycles. The van der Waals surface area contributed by atoms with E-state index in [1.807, 2.05) is 11.8 Å². The van der Waals surface area contributed by atoms with Gasteiger partial charge < -0.3 is 0 Å². The lowest BCUT2D eigenvalue weighted by Crippen LogP contribution is -1.88. The Bertz CT molecular complexity index is 144. The Balaban J connectivity index is 2.73. The van der Waals surface area contributed by atoms with Crippen molar-refractivity contribution in [3.05, 3.63) is 23.1 Å². The highest BCUT2D eigenvalue weighted by molar-refractivity contribution is 8.04. The van der Waals surface area contributed by atoms with Gasteiger partial charge >= 0.3 is 0 Å². The minimum atomic E-state index is 0.669. The molecule has 0 nitrogen and oxygen atoms in total. The quantitative estimate of drug-likeness (QED) is 0.480. The van der Waals surface area contributed by atoms with Crippen molar-refractivity contribution in [2.45, 2.75) is 19.1 Å². The van der Waals surface area contributed by atoms with Gasteiger partial charge in [-0.15, -0.1) is 11.8 Å². The molecule has 1 aliphatic rings. The molecule has 1 unspecified atom stereocenters. The standard InChI is InChI=1S/C7H10S/c1-5-4-6(2)8-7(5)3/h4,7H,2H2,1,3H3. The lowest BCUT2D eigenvalue weighted by atomic mass is 10.2. The first-order valence-corrected chi connectivity index (χ1v) is 3.62. The summed E-state index contributed by atoms with van der Waals surface area (Å²) < 4.78 is 0. The number of allylic oxidation sites excluding steroid dienone is 1. The summed E-state index contributed by atoms with van der Waals surface area (Å²) in [5.41, 5.74) is 1.44. The average Bonchev–Trinajstić information content (AvgIpc) is 1.85. The van der Waals surface area contributed by atoms with E-state index in [1.54, 1.807) is 0 Å². The van der Waals surface area contributed by atoms with Gasteiger partial charge in [-0.2, -0.15) is 0 Å². The minimum absolute atomic E-state index is 0.669. The number of hydrogen-bond acceptors (Lipinski definition) is 1. The zero-order valence-electron chi connectivity index (χ0n) is 5.27. The number of rotatable bonds is 0. The van der Waals surface area contributed by atoms with E-state index in [0.717, 1.165) is 0 Å². The normalized spacial score (nSPS) is 28.5. The molecule has 1 aliphatic heterocycles. The summed E-state index contributed by atoms with van der Waals surface area (Å²) in [6.45, 7) is 8.19. The highest BCUT2D eigenvalue weighted by Crippen LogP contribution is 2.33. The van der Waals surface area contributed by atoms with Crippen molar-refractivity contribution in [1.29, 1.82) is 0 Å². The van der Waals surface area contributed by atoms with Gasteiger partial charge in [0.25, 0.3) is 0 Å². The topological polar surface area (TPSA) is 0 Å². The van der Waals surface area contributed by atoms with Crippen molar-refractivity contribution in [2.24, 2.45) is 0 Å². The molecule has 44 valence electrons.